The summed E-state index contributed by atoms with van der Waals surface area (Å²) < 4.78 is 85.7. The predicted molar refractivity (Wildman–Crippen MR) is 172 cm³/mol. The van der Waals surface area contributed by atoms with Gasteiger partial charge in [-0.2, -0.15) is 17.6 Å². The molecule has 2 unspecified atom stereocenters. The number of rotatable bonds is 9. The van der Waals surface area contributed by atoms with Gasteiger partial charge in [0, 0.05) is 12.6 Å². The predicted octanol–water partition coefficient (Wildman–Crippen LogP) is 7.03. The second kappa shape index (κ2) is 15.0. The lowest BCUT2D eigenvalue weighted by Crippen LogP contribution is -2.41. The van der Waals surface area contributed by atoms with Gasteiger partial charge in [-0.25, -0.2) is 13.8 Å². The van der Waals surface area contributed by atoms with E-state index in [-0.39, 0.29) is 28.6 Å². The molecule has 4 aromatic rings. The molecule has 8 nitrogen and oxygen atoms in total. The van der Waals surface area contributed by atoms with Crippen molar-refractivity contribution in [1.29, 1.82) is 0 Å². The first-order valence-corrected chi connectivity index (χ1v) is 14.9. The lowest BCUT2D eigenvalue weighted by Gasteiger charge is -2.27. The standard InChI is InChI=1S/C19H18F3N3O2.C17H15F3O3/c1-10-6-13(9-14(20)7-10)19(16(26)25(3)18(23)24-19)12-4-5-15(11(2)8-12)27-17(21)22;1-9-5-12(8-13(18)6-9)16(22)15(21)11-3-4-14(10(2)7-11)23-17(19)20/h4-9,17H,1-3H3,(H2,23,24);3-8,15,17,21H,1-2H3. The van der Waals surface area contributed by atoms with Crippen LogP contribution in [0.4, 0.5) is 26.3 Å². The summed E-state index contributed by atoms with van der Waals surface area (Å²) in [6, 6.07) is 16.2. The Morgan fingerprint density at radius 2 is 1.32 bits per heavy atom. The number of aryl methyl sites for hydroxylation is 4. The van der Waals surface area contributed by atoms with Crippen LogP contribution in [0.25, 0.3) is 0 Å². The van der Waals surface area contributed by atoms with E-state index >= 15 is 0 Å². The molecule has 0 aromatic heterocycles. The number of ketones is 1. The molecule has 50 heavy (non-hydrogen) atoms. The SMILES string of the molecule is Cc1cc(F)cc(C(=O)C(O)c2ccc(OC(F)F)c(C)c2)c1.Cc1cc(F)cc(C2(c3ccc(OC(F)F)c(C)c3)N=C(N)N(C)C2=O)c1. The van der Waals surface area contributed by atoms with Crippen molar-refractivity contribution >= 4 is 17.6 Å². The third-order valence-electron chi connectivity index (χ3n) is 7.81. The number of ether oxygens (including phenoxy) is 2. The molecule has 1 aliphatic heterocycles. The van der Waals surface area contributed by atoms with Crippen molar-refractivity contribution in [2.75, 3.05) is 7.05 Å². The summed E-state index contributed by atoms with van der Waals surface area (Å²) in [5.41, 5.74) is 7.11. The summed E-state index contributed by atoms with van der Waals surface area (Å²) >= 11 is 0. The Kier molecular flexibility index (Phi) is 11.3. The van der Waals surface area contributed by atoms with Crippen LogP contribution in [0.1, 0.15) is 55.4 Å². The first-order chi connectivity index (χ1) is 23.4. The van der Waals surface area contributed by atoms with Crippen molar-refractivity contribution in [3.8, 4) is 11.5 Å². The molecule has 0 fully saturated rings. The van der Waals surface area contributed by atoms with Crippen LogP contribution >= 0.6 is 0 Å². The van der Waals surface area contributed by atoms with Gasteiger partial charge in [-0.1, -0.05) is 18.2 Å². The average molecular weight is 702 g/mol. The normalized spacial score (nSPS) is 16.2. The molecule has 0 radical (unpaired) electrons. The van der Waals surface area contributed by atoms with Crippen LogP contribution in [0, 0.1) is 39.3 Å². The number of benzene rings is 4. The number of halogens is 6. The number of Topliss-reactive ketones (excluding diaryl/α,β-unsaturated/α-hetero) is 1. The Morgan fingerprint density at radius 1 is 0.780 bits per heavy atom. The van der Waals surface area contributed by atoms with Gasteiger partial charge in [-0.15, -0.1) is 0 Å². The molecule has 1 amide bonds. The molecular weight excluding hydrogens is 668 g/mol. The first kappa shape index (κ1) is 37.4. The van der Waals surface area contributed by atoms with Crippen LogP contribution in [0.2, 0.25) is 0 Å². The van der Waals surface area contributed by atoms with E-state index in [1.54, 1.807) is 26.8 Å². The lowest BCUT2D eigenvalue weighted by atomic mass is 9.81. The van der Waals surface area contributed by atoms with E-state index in [1.165, 1.54) is 79.5 Å². The molecule has 5 rings (SSSR count). The summed E-state index contributed by atoms with van der Waals surface area (Å²) in [5, 5.41) is 10.2. The van der Waals surface area contributed by atoms with E-state index in [9.17, 15) is 41.0 Å². The van der Waals surface area contributed by atoms with E-state index in [2.05, 4.69) is 14.5 Å². The van der Waals surface area contributed by atoms with Gasteiger partial charge in [0.2, 0.25) is 0 Å². The third kappa shape index (κ3) is 8.08. The number of aliphatic hydroxyl groups is 1. The Labute approximate surface area is 283 Å². The summed E-state index contributed by atoms with van der Waals surface area (Å²) in [5.74, 6) is -2.30. The smallest absolute Gasteiger partial charge is 0.387 e. The minimum atomic E-state index is -2.97. The molecular formula is C36H33F6N3O5. The molecule has 0 aliphatic carbocycles. The number of nitrogens with two attached hydrogens (primary N) is 1. The molecule has 14 heteroatoms. The van der Waals surface area contributed by atoms with Gasteiger partial charge >= 0.3 is 13.2 Å². The zero-order valence-corrected chi connectivity index (χ0v) is 27.5. The highest BCUT2D eigenvalue weighted by Crippen LogP contribution is 2.41. The second-order valence-electron chi connectivity index (χ2n) is 11.6. The minimum absolute atomic E-state index is 0.0184. The highest BCUT2D eigenvalue weighted by Gasteiger charge is 2.50. The Hall–Kier alpha value is -5.37. The maximum Gasteiger partial charge on any atom is 0.387 e. The number of hydrogen-bond acceptors (Lipinski definition) is 7. The summed E-state index contributed by atoms with van der Waals surface area (Å²) in [6.07, 6.45) is -1.52. The van der Waals surface area contributed by atoms with Crippen molar-refractivity contribution < 1.29 is 50.5 Å². The first-order valence-electron chi connectivity index (χ1n) is 14.9. The molecule has 0 saturated carbocycles. The van der Waals surface area contributed by atoms with Gasteiger partial charge in [0.25, 0.3) is 5.91 Å². The number of carbonyl (C=O) groups is 2. The van der Waals surface area contributed by atoms with Crippen LogP contribution in [0.3, 0.4) is 0 Å². The van der Waals surface area contributed by atoms with E-state index in [0.717, 1.165) is 6.07 Å². The van der Waals surface area contributed by atoms with Crippen LogP contribution in [-0.4, -0.2) is 47.9 Å². The second-order valence-corrected chi connectivity index (χ2v) is 11.6. The Balaban J connectivity index is 0.000000228. The third-order valence-corrected chi connectivity index (χ3v) is 7.81. The Morgan fingerprint density at radius 3 is 1.80 bits per heavy atom. The van der Waals surface area contributed by atoms with Crippen LogP contribution < -0.4 is 15.2 Å². The van der Waals surface area contributed by atoms with Gasteiger partial charge in [0.15, 0.2) is 17.3 Å². The number of alkyl halides is 4. The van der Waals surface area contributed by atoms with Crippen LogP contribution in [0.5, 0.6) is 11.5 Å². The molecule has 264 valence electrons. The quantitative estimate of drug-likeness (QED) is 0.143. The van der Waals surface area contributed by atoms with E-state index in [1.807, 2.05) is 0 Å². The molecule has 1 aliphatic rings. The number of carbonyl (C=O) groups excluding carboxylic acids is 2. The van der Waals surface area contributed by atoms with Crippen molar-refractivity contribution in [1.82, 2.24) is 4.90 Å². The number of aliphatic imine (C=N–C) groups is 1. The summed E-state index contributed by atoms with van der Waals surface area (Å²) in [6.45, 7) is 0.490. The molecule has 0 bridgehead atoms. The summed E-state index contributed by atoms with van der Waals surface area (Å²) in [7, 11) is 1.47. The lowest BCUT2D eigenvalue weighted by molar-refractivity contribution is -0.129. The van der Waals surface area contributed by atoms with E-state index in [4.69, 9.17) is 5.73 Å². The molecule has 3 N–H and O–H groups in total. The fraction of sp³-hybridized carbons (Fsp3) is 0.250. The van der Waals surface area contributed by atoms with Gasteiger partial charge in [0.05, 0.1) is 0 Å². The number of aliphatic hydroxyl groups excluding tert-OH is 1. The highest BCUT2D eigenvalue weighted by atomic mass is 19.3. The van der Waals surface area contributed by atoms with E-state index < -0.39 is 48.2 Å². The van der Waals surface area contributed by atoms with Crippen molar-refractivity contribution in [2.24, 2.45) is 10.7 Å². The number of guanidine groups is 1. The zero-order chi connectivity index (χ0) is 37.1. The van der Waals surface area contributed by atoms with Gasteiger partial charge in [-0.05, 0) is 121 Å². The topological polar surface area (TPSA) is 114 Å². The molecule has 4 aromatic carbocycles. The van der Waals surface area contributed by atoms with E-state index in [0.29, 0.717) is 33.4 Å². The minimum Gasteiger partial charge on any atom is -0.435 e. The van der Waals surface area contributed by atoms with Crippen molar-refractivity contribution in [2.45, 2.75) is 52.6 Å². The number of likely N-dealkylation sites (N-methyl/N-ethyl adjacent to an activating group) is 1. The Bertz CT molecular complexity index is 1910. The fourth-order valence-electron chi connectivity index (χ4n) is 5.49. The molecule has 0 spiro atoms. The molecule has 0 saturated heterocycles. The highest BCUT2D eigenvalue weighted by molar-refractivity contribution is 6.09. The number of nitrogens with zero attached hydrogens (tertiary/aromatic N) is 2. The largest absolute Gasteiger partial charge is 0.435 e. The van der Waals surface area contributed by atoms with Crippen LogP contribution in [0.15, 0.2) is 77.8 Å². The van der Waals surface area contributed by atoms with Gasteiger partial charge < -0.3 is 20.3 Å². The monoisotopic (exact) mass is 701 g/mol. The maximum atomic E-state index is 14.1. The van der Waals surface area contributed by atoms with Gasteiger partial charge in [-0.3, -0.25) is 14.5 Å². The van der Waals surface area contributed by atoms with Crippen molar-refractivity contribution in [3.05, 3.63) is 129 Å². The fourth-order valence-corrected chi connectivity index (χ4v) is 5.49. The summed E-state index contributed by atoms with van der Waals surface area (Å²) in [4.78, 5) is 30.9. The number of hydrogen-bond donors (Lipinski definition) is 2. The maximum absolute atomic E-state index is 14.1. The molecule has 1 heterocycles. The zero-order valence-electron chi connectivity index (χ0n) is 27.5. The molecule has 2 atom stereocenters. The average Bonchev–Trinajstić information content (AvgIpc) is 3.26. The van der Waals surface area contributed by atoms with Gasteiger partial charge in [0.1, 0.15) is 29.2 Å². The van der Waals surface area contributed by atoms with Crippen LogP contribution in [-0.2, 0) is 10.3 Å². The van der Waals surface area contributed by atoms with Crippen molar-refractivity contribution in [3.63, 3.8) is 0 Å². The number of amides is 1.